The largest absolute Gasteiger partial charge is 0.395 e. The van der Waals surface area contributed by atoms with E-state index in [4.69, 9.17) is 113 Å². The Morgan fingerprint density at radius 1 is 0.280 bits per heavy atom. The van der Waals surface area contributed by atoms with Crippen LogP contribution in [0.5, 0.6) is 0 Å². The van der Waals surface area contributed by atoms with Crippen LogP contribution < -0.4 is 148 Å². The molecular formula is C65H100Cl8N32O20. The molecule has 8 aromatic carbocycles. The Balaban J connectivity index is -0.000000280. The number of carbonyl (C=O) groups excluding carboxylic acids is 4. The van der Waals surface area contributed by atoms with E-state index in [0.717, 1.165) is 41.6 Å². The standard InChI is InChI=1S/C16H13Cl2N5O8.C16H14Cl2N4O6.C16H15Cl2N3O4.C16H16Cl2N2O2.CH4.8H4N2.2H3N/c17-11-5-10(22(28)29)6-12(18)16(11)20-15-8(4-14(25)19-1-2-24)3-9(21(26)27)7-13(15)23(30)31;17-12-7-11(22(27)28)8-13(18)16(12)20-14-2-1-10(21(25)26)5-9(14)6-15(24)19-3-4-23;17-12-2-1-3-13(18)16(12)20-14-5-4-11(21(24)25)8-10(14)9-15(23)19-6-7-22;17-12-5-3-6-13(18)16(12)20-14-7-2-1-4-11(14)10-15(22)19-8-9-21;;8*1-2;;/h3,5-7,20,24H,1-2,4H2,(H,19,25);1-2,5,7-8,20,23H,3-4,6H2,(H,19,24);1-5,8,20,22H,6-7,9H2,(H,19,23);1-7,20-21H,8-10H2,(H,19,22);1H4;8*1-2H2;2*1H3. The Morgan fingerprint density at radius 3 is 0.800 bits per heavy atom. The van der Waals surface area contributed by atoms with Crippen LogP contribution in [0.25, 0.3) is 0 Å². The summed E-state index contributed by atoms with van der Waals surface area (Å²) in [6.45, 7) is -0.603. The summed E-state index contributed by atoms with van der Waals surface area (Å²) < 4.78 is 0. The molecule has 0 aliphatic rings. The molecule has 4 amide bonds. The SMILES string of the molecule is C.N.N.NN.NN.NN.NN.NN.NN.NN.NN.O=C(Cc1cc([N+](=O)[O-])cc([N+](=O)[O-])c1Nc1c(Cl)cc([N+](=O)[O-])cc1Cl)NCCO.O=C(Cc1cc([N+](=O)[O-])ccc1Nc1c(Cl)cc([N+](=O)[O-])cc1Cl)NCCO.O=C(Cc1cc([N+](=O)[O-])ccc1Nc1c(Cl)cccc1Cl)NCCO.O=C(Cc1ccccc1Nc1c(Cl)cccc1Cl)NCCO. The van der Waals surface area contributed by atoms with Gasteiger partial charge in [0.05, 0.1) is 151 Å². The van der Waals surface area contributed by atoms with Gasteiger partial charge in [-0.25, -0.2) is 0 Å². The second-order valence-electron chi connectivity index (χ2n) is 21.1. The number of nitro benzene ring substituents is 6. The first kappa shape index (κ1) is 127. The summed E-state index contributed by atoms with van der Waals surface area (Å²) in [6.07, 6.45) is -0.642. The number of nitrogens with one attached hydrogen (secondary N) is 8. The molecule has 0 bridgehead atoms. The van der Waals surface area contributed by atoms with Gasteiger partial charge in [0, 0.05) is 97.8 Å². The van der Waals surface area contributed by atoms with Gasteiger partial charge in [-0.15, -0.1) is 0 Å². The Morgan fingerprint density at radius 2 is 0.520 bits per heavy atom. The fraction of sp³-hybridized carbons (Fsp3) is 0.200. The van der Waals surface area contributed by atoms with Crippen molar-refractivity contribution in [1.29, 1.82) is 0 Å². The quantitative estimate of drug-likeness (QED) is 0.0167. The minimum absolute atomic E-state index is 0. The minimum Gasteiger partial charge on any atom is -0.395 e. The Bertz CT molecular complexity index is 4560. The number of halogens is 8. The van der Waals surface area contributed by atoms with Crippen molar-refractivity contribution in [3.8, 4) is 0 Å². The number of amides is 4. The number of non-ortho nitro benzene ring substituents is 5. The zero-order valence-electron chi connectivity index (χ0n) is 64.9. The lowest BCUT2D eigenvalue weighted by atomic mass is 10.1. The first-order valence-electron chi connectivity index (χ1n) is 32.8. The number of carbonyl (C=O) groups is 4. The van der Waals surface area contributed by atoms with Gasteiger partial charge in [0.1, 0.15) is 5.69 Å². The summed E-state index contributed by atoms with van der Waals surface area (Å²) in [5, 5.41) is 124. The number of nitrogens with zero attached hydrogens (tertiary/aromatic N) is 6. The average molecular weight is 1930 g/mol. The summed E-state index contributed by atoms with van der Waals surface area (Å²) in [5.74, 6) is 62.3. The van der Waals surface area contributed by atoms with Crippen LogP contribution in [0.3, 0.4) is 0 Å². The highest BCUT2D eigenvalue weighted by atomic mass is 35.5. The molecule has 52 nitrogen and oxygen atoms in total. The Hall–Kier alpha value is -11.3. The zero-order valence-corrected chi connectivity index (χ0v) is 70.9. The highest BCUT2D eigenvalue weighted by Gasteiger charge is 2.28. The predicted octanol–water partition coefficient (Wildman–Crippen LogP) is 4.51. The maximum absolute atomic E-state index is 12.1. The first-order chi connectivity index (χ1) is 58.3. The van der Waals surface area contributed by atoms with Crippen molar-refractivity contribution in [2.24, 2.45) is 93.5 Å². The predicted molar refractivity (Wildman–Crippen MR) is 484 cm³/mol. The summed E-state index contributed by atoms with van der Waals surface area (Å²) in [5.41, 5.74) is 1.17. The molecule has 0 fully saturated rings. The first-order valence-corrected chi connectivity index (χ1v) is 35.8. The van der Waals surface area contributed by atoms with Gasteiger partial charge >= 0.3 is 0 Å². The van der Waals surface area contributed by atoms with Crippen molar-refractivity contribution in [2.75, 3.05) is 73.9 Å². The molecule has 696 valence electrons. The fourth-order valence-electron chi connectivity index (χ4n) is 8.98. The maximum atomic E-state index is 12.1. The van der Waals surface area contributed by atoms with E-state index in [1.54, 1.807) is 36.4 Å². The molecule has 0 atom stereocenters. The van der Waals surface area contributed by atoms with Gasteiger partial charge in [-0.3, -0.25) is 173 Å². The van der Waals surface area contributed by atoms with E-state index >= 15 is 0 Å². The number of aliphatic hydroxyl groups is 4. The molecule has 50 N–H and O–H groups in total. The normalized spacial score (nSPS) is 9.18. The van der Waals surface area contributed by atoms with Crippen molar-refractivity contribution < 1.29 is 69.1 Å². The van der Waals surface area contributed by atoms with Crippen LogP contribution in [-0.4, -0.2) is 126 Å². The molecule has 0 saturated heterocycles. The number of nitrogens with two attached hydrogens (primary N) is 16. The summed E-state index contributed by atoms with van der Waals surface area (Å²) in [6, 6.07) is 31.4. The molecule has 0 aromatic heterocycles. The van der Waals surface area contributed by atoms with Crippen LogP contribution in [-0.2, 0) is 44.9 Å². The molecule has 0 aliphatic carbocycles. The van der Waals surface area contributed by atoms with E-state index in [9.17, 15) is 79.9 Å². The fourth-order valence-corrected chi connectivity index (χ4v) is 11.1. The Labute approximate surface area is 751 Å². The number of hydrogen-bond acceptors (Lipinski definition) is 42. The molecule has 0 saturated carbocycles. The third-order valence-electron chi connectivity index (χ3n) is 13.8. The number of anilines is 8. The van der Waals surface area contributed by atoms with Gasteiger partial charge in [0.2, 0.25) is 23.6 Å². The van der Waals surface area contributed by atoms with Crippen LogP contribution in [0.4, 0.5) is 79.6 Å². The number of aliphatic hydroxyl groups excluding tert-OH is 4. The van der Waals surface area contributed by atoms with Crippen molar-refractivity contribution in [2.45, 2.75) is 33.1 Å². The van der Waals surface area contributed by atoms with Crippen LogP contribution in [0.1, 0.15) is 29.7 Å². The average Bonchev–Trinajstić information content (AvgIpc) is 0.776. The Kier molecular flexibility index (Phi) is 74.1. The summed E-state index contributed by atoms with van der Waals surface area (Å²) in [4.78, 5) is 110. The highest BCUT2D eigenvalue weighted by molar-refractivity contribution is 6.41. The summed E-state index contributed by atoms with van der Waals surface area (Å²) >= 11 is 48.8. The van der Waals surface area contributed by atoms with E-state index in [1.165, 1.54) is 36.4 Å². The van der Waals surface area contributed by atoms with E-state index in [0.29, 0.717) is 54.5 Å². The monoisotopic (exact) mass is 1930 g/mol. The minimum atomic E-state index is -0.905. The van der Waals surface area contributed by atoms with Gasteiger partial charge in [-0.2, -0.15) is 0 Å². The van der Waals surface area contributed by atoms with Crippen LogP contribution in [0.2, 0.25) is 40.2 Å². The molecule has 0 spiro atoms. The number of nitro groups is 6. The van der Waals surface area contributed by atoms with Crippen LogP contribution in [0, 0.1) is 60.7 Å². The lowest BCUT2D eigenvalue weighted by Gasteiger charge is -2.15. The number of benzene rings is 8. The lowest BCUT2D eigenvalue weighted by molar-refractivity contribution is -0.393. The van der Waals surface area contributed by atoms with Crippen molar-refractivity contribution in [1.82, 2.24) is 33.6 Å². The van der Waals surface area contributed by atoms with E-state index in [-0.39, 0.29) is 169 Å². The number of hydrazine groups is 8. The topological polar surface area (TPSA) is 991 Å². The van der Waals surface area contributed by atoms with Gasteiger partial charge in [0.25, 0.3) is 34.1 Å². The molecule has 125 heavy (non-hydrogen) atoms. The van der Waals surface area contributed by atoms with Crippen LogP contribution in [0.15, 0.2) is 133 Å². The molecule has 8 aromatic rings. The van der Waals surface area contributed by atoms with Crippen LogP contribution >= 0.6 is 92.8 Å². The molecular weight excluding hydrogens is 1830 g/mol. The second kappa shape index (κ2) is 73.1. The van der Waals surface area contributed by atoms with Gasteiger partial charge in [-0.1, -0.05) is 131 Å². The molecule has 0 radical (unpaired) electrons. The molecule has 0 aliphatic heterocycles. The van der Waals surface area contributed by atoms with E-state index in [1.807, 2.05) is 24.3 Å². The van der Waals surface area contributed by atoms with E-state index in [2.05, 4.69) is 136 Å². The summed E-state index contributed by atoms with van der Waals surface area (Å²) in [7, 11) is 0. The molecule has 60 heteroatoms. The van der Waals surface area contributed by atoms with Gasteiger partial charge in [0.15, 0.2) is 0 Å². The van der Waals surface area contributed by atoms with Crippen molar-refractivity contribution in [3.63, 3.8) is 0 Å². The van der Waals surface area contributed by atoms with Crippen molar-refractivity contribution >= 4 is 196 Å². The van der Waals surface area contributed by atoms with Crippen molar-refractivity contribution in [3.05, 3.63) is 257 Å². The number of rotatable bonds is 30. The van der Waals surface area contributed by atoms with Gasteiger partial charge in [-0.05, 0) is 64.7 Å². The lowest BCUT2D eigenvalue weighted by Crippen LogP contribution is -2.28. The number of hydrogen-bond donors (Lipinski definition) is 30. The third kappa shape index (κ3) is 45.8. The smallest absolute Gasteiger partial charge is 0.299 e. The highest BCUT2D eigenvalue weighted by Crippen LogP contribution is 2.43. The molecule has 0 unspecified atom stereocenters. The van der Waals surface area contributed by atoms with E-state index < -0.39 is 64.8 Å². The molecule has 8 rings (SSSR count). The second-order valence-corrected chi connectivity index (χ2v) is 24.4. The zero-order chi connectivity index (χ0) is 94.5. The number of para-hydroxylation sites is 3. The molecule has 0 heterocycles. The van der Waals surface area contributed by atoms with Gasteiger partial charge < -0.3 is 75.3 Å². The maximum Gasteiger partial charge on any atom is 0.299 e. The third-order valence-corrected chi connectivity index (χ3v) is 16.2.